The van der Waals surface area contributed by atoms with E-state index in [1.807, 2.05) is 30.3 Å². The number of halogens is 1. The smallest absolute Gasteiger partial charge is 0.252 e. The average molecular weight is 446 g/mol. The first-order valence-electron chi connectivity index (χ1n) is 9.47. The molecule has 1 fully saturated rings. The van der Waals surface area contributed by atoms with E-state index in [4.69, 9.17) is 22.1 Å². The fraction of sp³-hybridized carbons (Fsp3) is 0.238. The first-order valence-corrected chi connectivity index (χ1v) is 11.3. The summed E-state index contributed by atoms with van der Waals surface area (Å²) in [6.45, 7) is 0.995. The maximum atomic E-state index is 12.8. The van der Waals surface area contributed by atoms with Crippen molar-refractivity contribution in [1.82, 2.24) is 9.29 Å². The number of rotatable bonds is 6. The van der Waals surface area contributed by atoms with E-state index < -0.39 is 15.9 Å². The minimum absolute atomic E-state index is 0.000132. The normalized spacial score (nSPS) is 14.8. The largest absolute Gasteiger partial charge is 0.488 e. The second-order valence-corrected chi connectivity index (χ2v) is 9.35. The van der Waals surface area contributed by atoms with Crippen molar-refractivity contribution in [2.75, 3.05) is 13.1 Å². The Hall–Kier alpha value is -2.68. The molecule has 0 aliphatic carbocycles. The molecule has 1 aromatic heterocycles. The molecule has 1 aliphatic heterocycles. The van der Waals surface area contributed by atoms with Crippen LogP contribution in [-0.4, -0.2) is 36.7 Å². The molecule has 2 heterocycles. The molecule has 0 atom stereocenters. The Balaban J connectivity index is 1.62. The maximum Gasteiger partial charge on any atom is 0.252 e. The highest BCUT2D eigenvalue weighted by atomic mass is 35.5. The molecular formula is C21H20ClN3O4S. The second kappa shape index (κ2) is 8.22. The molecule has 0 spiro atoms. The summed E-state index contributed by atoms with van der Waals surface area (Å²) in [6.07, 6.45) is 1.65. The molecule has 0 saturated carbocycles. The number of nitrogens with two attached hydrogens (primary N) is 1. The van der Waals surface area contributed by atoms with Crippen molar-refractivity contribution in [3.05, 3.63) is 64.8 Å². The van der Waals surface area contributed by atoms with Gasteiger partial charge in [0.2, 0.25) is 10.0 Å². The molecular weight excluding hydrogens is 426 g/mol. The first kappa shape index (κ1) is 20.6. The highest BCUT2D eigenvalue weighted by molar-refractivity contribution is 7.89. The van der Waals surface area contributed by atoms with Crippen LogP contribution in [0, 0.1) is 0 Å². The van der Waals surface area contributed by atoms with Crippen LogP contribution in [0.4, 0.5) is 0 Å². The van der Waals surface area contributed by atoms with Crippen molar-refractivity contribution in [2.45, 2.75) is 24.3 Å². The number of hydrogen-bond donors (Lipinski definition) is 1. The van der Waals surface area contributed by atoms with Gasteiger partial charge in [-0.1, -0.05) is 29.8 Å². The number of hydrogen-bond acceptors (Lipinski definition) is 5. The van der Waals surface area contributed by atoms with E-state index in [0.29, 0.717) is 23.8 Å². The van der Waals surface area contributed by atoms with E-state index in [1.165, 1.54) is 22.5 Å². The highest BCUT2D eigenvalue weighted by Crippen LogP contribution is 2.28. The lowest BCUT2D eigenvalue weighted by molar-refractivity contribution is 0.0995. The van der Waals surface area contributed by atoms with Crippen molar-refractivity contribution < 1.29 is 17.9 Å². The lowest BCUT2D eigenvalue weighted by Gasteiger charge is -2.17. The lowest BCUT2D eigenvalue weighted by Crippen LogP contribution is -2.28. The standard InChI is InChI=1S/C21H20ClN3O4S/c22-20-15(11-14-5-1-2-6-18(14)24-20)13-29-19-8-7-16(12-17(19)21(23)26)30(27,28)25-9-3-4-10-25/h1-2,5-8,11-12H,3-4,9-10,13H2,(H2,23,26). The maximum absolute atomic E-state index is 12.8. The van der Waals surface area contributed by atoms with Gasteiger partial charge >= 0.3 is 0 Å². The Kier molecular flexibility index (Phi) is 5.64. The van der Waals surface area contributed by atoms with Crippen LogP contribution >= 0.6 is 11.6 Å². The van der Waals surface area contributed by atoms with Crippen molar-refractivity contribution in [1.29, 1.82) is 0 Å². The predicted octanol–water partition coefficient (Wildman–Crippen LogP) is 3.35. The number of para-hydroxylation sites is 1. The van der Waals surface area contributed by atoms with Crippen molar-refractivity contribution in [2.24, 2.45) is 5.73 Å². The van der Waals surface area contributed by atoms with Gasteiger partial charge in [0.1, 0.15) is 17.5 Å². The van der Waals surface area contributed by atoms with Crippen LogP contribution in [0.1, 0.15) is 28.8 Å². The zero-order chi connectivity index (χ0) is 21.3. The molecule has 3 aromatic rings. The van der Waals surface area contributed by atoms with E-state index in [-0.39, 0.29) is 22.8 Å². The van der Waals surface area contributed by atoms with Crippen LogP contribution in [0.3, 0.4) is 0 Å². The van der Waals surface area contributed by atoms with E-state index in [0.717, 1.165) is 23.7 Å². The second-order valence-electron chi connectivity index (χ2n) is 7.05. The van der Waals surface area contributed by atoms with Crippen molar-refractivity contribution in [3.63, 3.8) is 0 Å². The molecule has 7 nitrogen and oxygen atoms in total. The van der Waals surface area contributed by atoms with Crippen LogP contribution in [0.2, 0.25) is 5.15 Å². The van der Waals surface area contributed by atoms with E-state index in [2.05, 4.69) is 4.98 Å². The van der Waals surface area contributed by atoms with Crippen LogP contribution < -0.4 is 10.5 Å². The number of sulfonamides is 1. The Morgan fingerprint density at radius 2 is 1.87 bits per heavy atom. The Morgan fingerprint density at radius 1 is 1.13 bits per heavy atom. The van der Waals surface area contributed by atoms with Crippen molar-refractivity contribution in [3.8, 4) is 5.75 Å². The van der Waals surface area contributed by atoms with E-state index in [1.54, 1.807) is 0 Å². The molecule has 0 bridgehead atoms. The third-order valence-electron chi connectivity index (χ3n) is 5.05. The van der Waals surface area contributed by atoms with Gasteiger partial charge in [0.25, 0.3) is 5.91 Å². The fourth-order valence-electron chi connectivity index (χ4n) is 3.46. The summed E-state index contributed by atoms with van der Waals surface area (Å²) < 4.78 is 32.7. The van der Waals surface area contributed by atoms with Gasteiger partial charge in [0, 0.05) is 24.0 Å². The summed E-state index contributed by atoms with van der Waals surface area (Å²) in [5.74, 6) is -0.585. The van der Waals surface area contributed by atoms with Crippen LogP contribution in [0.25, 0.3) is 10.9 Å². The molecule has 156 valence electrons. The van der Waals surface area contributed by atoms with Gasteiger partial charge < -0.3 is 10.5 Å². The minimum Gasteiger partial charge on any atom is -0.488 e. The fourth-order valence-corrected chi connectivity index (χ4v) is 5.20. The van der Waals surface area contributed by atoms with Crippen LogP contribution in [0.15, 0.2) is 53.4 Å². The molecule has 1 saturated heterocycles. The number of primary amides is 1. The SMILES string of the molecule is NC(=O)c1cc(S(=O)(=O)N2CCCC2)ccc1OCc1cc2ccccc2nc1Cl. The summed E-state index contributed by atoms with van der Waals surface area (Å²) in [4.78, 5) is 16.3. The van der Waals surface area contributed by atoms with E-state index >= 15 is 0 Å². The number of carbonyl (C=O) groups is 1. The van der Waals surface area contributed by atoms with Crippen molar-refractivity contribution >= 4 is 38.4 Å². The van der Waals surface area contributed by atoms with Gasteiger partial charge in [0.15, 0.2) is 0 Å². The van der Waals surface area contributed by atoms with Gasteiger partial charge in [-0.25, -0.2) is 13.4 Å². The summed E-state index contributed by atoms with van der Waals surface area (Å²) >= 11 is 6.26. The van der Waals surface area contributed by atoms with Gasteiger partial charge in [-0.15, -0.1) is 0 Å². The first-order chi connectivity index (χ1) is 14.4. The zero-order valence-electron chi connectivity index (χ0n) is 16.0. The monoisotopic (exact) mass is 445 g/mol. The van der Waals surface area contributed by atoms with Crippen LogP contribution in [0.5, 0.6) is 5.75 Å². The zero-order valence-corrected chi connectivity index (χ0v) is 17.6. The van der Waals surface area contributed by atoms with Gasteiger partial charge in [-0.05, 0) is 43.2 Å². The molecule has 2 aromatic carbocycles. The third-order valence-corrected chi connectivity index (χ3v) is 7.27. The number of benzene rings is 2. The molecule has 1 aliphatic rings. The number of aromatic nitrogens is 1. The quantitative estimate of drug-likeness (QED) is 0.586. The summed E-state index contributed by atoms with van der Waals surface area (Å²) in [6, 6.07) is 13.5. The van der Waals surface area contributed by atoms with Gasteiger partial charge in [-0.2, -0.15) is 4.31 Å². The lowest BCUT2D eigenvalue weighted by atomic mass is 10.1. The molecule has 9 heteroatoms. The Morgan fingerprint density at radius 3 is 2.60 bits per heavy atom. The van der Waals surface area contributed by atoms with Crippen LogP contribution in [-0.2, 0) is 16.6 Å². The number of fused-ring (bicyclic) bond motifs is 1. The molecule has 0 radical (unpaired) electrons. The third kappa shape index (κ3) is 3.98. The average Bonchev–Trinajstić information content (AvgIpc) is 3.28. The Bertz CT molecular complexity index is 1220. The number of nitrogens with zero attached hydrogens (tertiary/aromatic N) is 2. The van der Waals surface area contributed by atoms with E-state index in [9.17, 15) is 13.2 Å². The molecule has 30 heavy (non-hydrogen) atoms. The summed E-state index contributed by atoms with van der Waals surface area (Å²) in [7, 11) is -3.67. The topological polar surface area (TPSA) is 103 Å². The number of ether oxygens (including phenoxy) is 1. The highest BCUT2D eigenvalue weighted by Gasteiger charge is 2.28. The number of pyridine rings is 1. The number of carbonyl (C=O) groups excluding carboxylic acids is 1. The molecule has 4 rings (SSSR count). The summed E-state index contributed by atoms with van der Waals surface area (Å²) in [5.41, 5.74) is 6.89. The predicted molar refractivity (Wildman–Crippen MR) is 114 cm³/mol. The Labute approximate surface area is 179 Å². The molecule has 0 unspecified atom stereocenters. The molecule has 2 N–H and O–H groups in total. The van der Waals surface area contributed by atoms with Gasteiger partial charge in [-0.3, -0.25) is 4.79 Å². The molecule has 1 amide bonds. The minimum atomic E-state index is -3.67. The number of amides is 1. The van der Waals surface area contributed by atoms with Gasteiger partial charge in [0.05, 0.1) is 16.0 Å². The summed E-state index contributed by atoms with van der Waals surface area (Å²) in [5, 5.41) is 1.20.